The lowest BCUT2D eigenvalue weighted by Crippen LogP contribution is -2.30. The number of nitrogens with one attached hydrogen (secondary N) is 1. The number of rotatable bonds is 4. The first-order valence-corrected chi connectivity index (χ1v) is 9.15. The van der Waals surface area contributed by atoms with Crippen molar-refractivity contribution in [3.8, 4) is 5.75 Å². The van der Waals surface area contributed by atoms with Gasteiger partial charge in [0.15, 0.2) is 11.2 Å². The maximum absolute atomic E-state index is 12.4. The van der Waals surface area contributed by atoms with Crippen LogP contribution in [0, 0.1) is 20.8 Å². The number of nitrogens with zero attached hydrogens (tertiary/aromatic N) is 1. The normalized spacial score (nSPS) is 12.2. The third kappa shape index (κ3) is 3.78. The molecule has 0 saturated carbocycles. The van der Waals surface area contributed by atoms with Crippen LogP contribution in [0.3, 0.4) is 0 Å². The number of amides is 1. The second-order valence-electron chi connectivity index (χ2n) is 6.03. The van der Waals surface area contributed by atoms with Crippen molar-refractivity contribution in [3.63, 3.8) is 0 Å². The van der Waals surface area contributed by atoms with Gasteiger partial charge in [0.25, 0.3) is 5.91 Å². The largest absolute Gasteiger partial charge is 0.481 e. The molecule has 6 heteroatoms. The number of hydrogen-bond acceptors (Lipinski definition) is 4. The number of anilines is 1. The van der Waals surface area contributed by atoms with Crippen molar-refractivity contribution < 1.29 is 9.53 Å². The molecule has 3 aromatic rings. The Balaban J connectivity index is 1.74. The summed E-state index contributed by atoms with van der Waals surface area (Å²) in [5.74, 6) is 0.408. The summed E-state index contributed by atoms with van der Waals surface area (Å²) in [5.41, 5.74) is 4.14. The second-order valence-corrected chi connectivity index (χ2v) is 7.50. The number of ether oxygens (including phenoxy) is 1. The van der Waals surface area contributed by atoms with Gasteiger partial charge in [-0.2, -0.15) is 0 Å². The molecule has 1 aromatic heterocycles. The van der Waals surface area contributed by atoms with Crippen LogP contribution in [0.1, 0.15) is 23.6 Å². The fourth-order valence-electron chi connectivity index (χ4n) is 2.48. The van der Waals surface area contributed by atoms with Crippen molar-refractivity contribution in [1.82, 2.24) is 4.98 Å². The van der Waals surface area contributed by atoms with Crippen molar-refractivity contribution in [2.75, 3.05) is 5.32 Å². The number of carbonyl (C=O) groups excluding carboxylic acids is 1. The Morgan fingerprint density at radius 2 is 1.96 bits per heavy atom. The van der Waals surface area contributed by atoms with E-state index in [1.807, 2.05) is 19.9 Å². The van der Waals surface area contributed by atoms with Gasteiger partial charge in [-0.25, -0.2) is 4.98 Å². The highest BCUT2D eigenvalue weighted by Gasteiger charge is 2.18. The summed E-state index contributed by atoms with van der Waals surface area (Å²) in [6.45, 7) is 7.70. The van der Waals surface area contributed by atoms with Crippen LogP contribution in [0.25, 0.3) is 10.2 Å². The number of carbonyl (C=O) groups is 1. The molecule has 0 bridgehead atoms. The van der Waals surface area contributed by atoms with Gasteiger partial charge in [0.1, 0.15) is 5.75 Å². The number of fused-ring (bicyclic) bond motifs is 1. The van der Waals surface area contributed by atoms with Crippen LogP contribution in [-0.4, -0.2) is 17.0 Å². The van der Waals surface area contributed by atoms with Crippen LogP contribution >= 0.6 is 22.9 Å². The Labute approximate surface area is 155 Å². The van der Waals surface area contributed by atoms with E-state index < -0.39 is 6.10 Å². The molecular formula is C19H19ClN2O2S. The van der Waals surface area contributed by atoms with Crippen molar-refractivity contribution in [2.24, 2.45) is 0 Å². The Kier molecular flexibility index (Phi) is 4.97. The highest BCUT2D eigenvalue weighted by atomic mass is 35.5. The molecule has 25 heavy (non-hydrogen) atoms. The van der Waals surface area contributed by atoms with Crippen LogP contribution in [0.15, 0.2) is 30.3 Å². The minimum atomic E-state index is -0.644. The summed E-state index contributed by atoms with van der Waals surface area (Å²) < 4.78 is 6.81. The van der Waals surface area contributed by atoms with E-state index >= 15 is 0 Å². The first-order chi connectivity index (χ1) is 11.8. The third-order valence-electron chi connectivity index (χ3n) is 4.12. The average Bonchev–Trinajstić information content (AvgIpc) is 2.97. The summed E-state index contributed by atoms with van der Waals surface area (Å²) >= 11 is 7.41. The van der Waals surface area contributed by atoms with Gasteiger partial charge >= 0.3 is 0 Å². The number of thiazole rings is 1. The maximum Gasteiger partial charge on any atom is 0.266 e. The minimum Gasteiger partial charge on any atom is -0.481 e. The lowest BCUT2D eigenvalue weighted by atomic mass is 10.1. The summed E-state index contributed by atoms with van der Waals surface area (Å²) in [6, 6.07) is 9.41. The molecule has 1 amide bonds. The SMILES string of the molecule is Cc1cc(Cl)ccc1OC(C)C(=O)Nc1nc2c(C)c(C)ccc2s1. The maximum atomic E-state index is 12.4. The molecule has 0 saturated heterocycles. The van der Waals surface area contributed by atoms with E-state index in [0.717, 1.165) is 21.3 Å². The van der Waals surface area contributed by atoms with Gasteiger partial charge in [0.05, 0.1) is 10.2 Å². The van der Waals surface area contributed by atoms with Crippen LogP contribution in [0.2, 0.25) is 5.02 Å². The molecule has 3 rings (SSSR count). The molecular weight excluding hydrogens is 356 g/mol. The van der Waals surface area contributed by atoms with Crippen molar-refractivity contribution in [2.45, 2.75) is 33.8 Å². The summed E-state index contributed by atoms with van der Waals surface area (Å²) in [6.07, 6.45) is -0.644. The highest BCUT2D eigenvalue weighted by molar-refractivity contribution is 7.22. The molecule has 0 aliphatic rings. The van der Waals surface area contributed by atoms with Gasteiger partial charge in [-0.05, 0) is 68.7 Å². The van der Waals surface area contributed by atoms with Gasteiger partial charge in [-0.1, -0.05) is 29.0 Å². The van der Waals surface area contributed by atoms with Crippen LogP contribution in [-0.2, 0) is 4.79 Å². The molecule has 0 aliphatic carbocycles. The fraction of sp³-hybridized carbons (Fsp3) is 0.263. The average molecular weight is 375 g/mol. The van der Waals surface area contributed by atoms with E-state index in [1.165, 1.54) is 16.9 Å². The predicted octanol–water partition coefficient (Wildman–Crippen LogP) is 5.28. The van der Waals surface area contributed by atoms with Gasteiger partial charge in [0.2, 0.25) is 0 Å². The summed E-state index contributed by atoms with van der Waals surface area (Å²) in [5, 5.41) is 4.07. The summed E-state index contributed by atoms with van der Waals surface area (Å²) in [7, 11) is 0. The van der Waals surface area contributed by atoms with Crippen LogP contribution < -0.4 is 10.1 Å². The van der Waals surface area contributed by atoms with Crippen LogP contribution in [0.5, 0.6) is 5.75 Å². The molecule has 1 atom stereocenters. The topological polar surface area (TPSA) is 51.2 Å². The lowest BCUT2D eigenvalue weighted by molar-refractivity contribution is -0.122. The minimum absolute atomic E-state index is 0.234. The zero-order valence-corrected chi connectivity index (χ0v) is 16.1. The van der Waals surface area contributed by atoms with Crippen LogP contribution in [0.4, 0.5) is 5.13 Å². The number of benzene rings is 2. The molecule has 0 radical (unpaired) electrons. The van der Waals surface area contributed by atoms with Gasteiger partial charge < -0.3 is 4.74 Å². The van der Waals surface area contributed by atoms with Gasteiger partial charge in [-0.15, -0.1) is 0 Å². The molecule has 0 fully saturated rings. The highest BCUT2D eigenvalue weighted by Crippen LogP contribution is 2.30. The van der Waals surface area contributed by atoms with E-state index in [9.17, 15) is 4.79 Å². The Morgan fingerprint density at radius 1 is 1.20 bits per heavy atom. The zero-order chi connectivity index (χ0) is 18.1. The lowest BCUT2D eigenvalue weighted by Gasteiger charge is -2.15. The smallest absolute Gasteiger partial charge is 0.266 e. The molecule has 4 nitrogen and oxygen atoms in total. The monoisotopic (exact) mass is 374 g/mol. The first-order valence-electron chi connectivity index (χ1n) is 7.95. The molecule has 0 aliphatic heterocycles. The Bertz CT molecular complexity index is 952. The third-order valence-corrected chi connectivity index (χ3v) is 5.30. The van der Waals surface area contributed by atoms with Crippen molar-refractivity contribution >= 4 is 44.2 Å². The van der Waals surface area contributed by atoms with Gasteiger partial charge in [-0.3, -0.25) is 10.1 Å². The molecule has 0 spiro atoms. The number of hydrogen-bond donors (Lipinski definition) is 1. The zero-order valence-electron chi connectivity index (χ0n) is 14.5. The molecule has 1 heterocycles. The predicted molar refractivity (Wildman–Crippen MR) is 104 cm³/mol. The fourth-order valence-corrected chi connectivity index (χ4v) is 3.63. The van der Waals surface area contributed by atoms with Gasteiger partial charge in [0, 0.05) is 5.02 Å². The first kappa shape index (κ1) is 17.7. The summed E-state index contributed by atoms with van der Waals surface area (Å²) in [4.78, 5) is 17.0. The Hall–Kier alpha value is -2.11. The van der Waals surface area contributed by atoms with E-state index in [0.29, 0.717) is 15.9 Å². The standard InChI is InChI=1S/C19H19ClN2O2S/c1-10-5-8-16-17(12(10)3)21-19(25-16)22-18(23)13(4)24-15-7-6-14(20)9-11(15)2/h5-9,13H,1-4H3,(H,21,22,23). The Morgan fingerprint density at radius 3 is 2.68 bits per heavy atom. The van der Waals surface area contributed by atoms with Crippen molar-refractivity contribution in [3.05, 3.63) is 52.0 Å². The van der Waals surface area contributed by atoms with Crippen molar-refractivity contribution in [1.29, 1.82) is 0 Å². The quantitative estimate of drug-likeness (QED) is 0.675. The molecule has 2 aromatic carbocycles. The number of halogens is 1. The second kappa shape index (κ2) is 7.02. The molecule has 1 unspecified atom stereocenters. The van der Waals surface area contributed by atoms with E-state index in [1.54, 1.807) is 25.1 Å². The molecule has 130 valence electrons. The van der Waals surface area contributed by atoms with E-state index in [4.69, 9.17) is 16.3 Å². The van der Waals surface area contributed by atoms with E-state index in [-0.39, 0.29) is 5.91 Å². The van der Waals surface area contributed by atoms with E-state index in [2.05, 4.69) is 23.3 Å². The molecule has 1 N–H and O–H groups in total. The number of aryl methyl sites for hydroxylation is 3. The number of aromatic nitrogens is 1.